The molecule has 0 amide bonds. The van der Waals surface area contributed by atoms with E-state index in [-0.39, 0.29) is 12.4 Å². The van der Waals surface area contributed by atoms with Crippen LogP contribution in [-0.4, -0.2) is 6.61 Å². The minimum absolute atomic E-state index is 0.232. The van der Waals surface area contributed by atoms with Crippen LogP contribution in [0.4, 0.5) is 4.39 Å². The maximum Gasteiger partial charge on any atom is 0.127 e. The average molecular weight is 225 g/mol. The fourth-order valence-electron chi connectivity index (χ4n) is 1.52. The zero-order chi connectivity index (χ0) is 11.8. The van der Waals surface area contributed by atoms with Gasteiger partial charge >= 0.3 is 0 Å². The molecule has 0 unspecified atom stereocenters. The number of hydrogen-bond acceptors (Lipinski definition) is 2. The van der Waals surface area contributed by atoms with Gasteiger partial charge in [0.15, 0.2) is 0 Å². The lowest BCUT2D eigenvalue weighted by Crippen LogP contribution is -2.02. The van der Waals surface area contributed by atoms with Crippen LogP contribution in [0.25, 0.3) is 0 Å². The molecule has 0 fully saturated rings. The molecule has 1 aromatic rings. The minimum Gasteiger partial charge on any atom is -0.377 e. The van der Waals surface area contributed by atoms with E-state index in [0.717, 1.165) is 18.6 Å². The van der Waals surface area contributed by atoms with Gasteiger partial charge in [0.25, 0.3) is 0 Å². The normalized spacial score (nSPS) is 10.7. The lowest BCUT2D eigenvalue weighted by molar-refractivity contribution is 0.117. The lowest BCUT2D eigenvalue weighted by atomic mass is 10.1. The Hall–Kier alpha value is -0.930. The Kier molecular flexibility index (Phi) is 6.04. The highest BCUT2D eigenvalue weighted by molar-refractivity contribution is 5.24. The minimum atomic E-state index is -0.239. The molecule has 0 saturated heterocycles. The van der Waals surface area contributed by atoms with Crippen LogP contribution in [0.15, 0.2) is 18.2 Å². The Morgan fingerprint density at radius 1 is 1.31 bits per heavy atom. The third kappa shape index (κ3) is 4.29. The molecule has 90 valence electrons. The van der Waals surface area contributed by atoms with E-state index in [1.54, 1.807) is 12.1 Å². The van der Waals surface area contributed by atoms with Crippen molar-refractivity contribution in [2.45, 2.75) is 39.3 Å². The predicted octanol–water partition coefficient (Wildman–Crippen LogP) is 2.99. The van der Waals surface area contributed by atoms with Crippen LogP contribution in [0.1, 0.15) is 37.3 Å². The van der Waals surface area contributed by atoms with E-state index in [2.05, 4.69) is 6.92 Å². The van der Waals surface area contributed by atoms with Gasteiger partial charge in [-0.25, -0.2) is 4.39 Å². The first kappa shape index (κ1) is 13.1. The molecule has 2 nitrogen and oxygen atoms in total. The summed E-state index contributed by atoms with van der Waals surface area (Å²) in [4.78, 5) is 0. The molecule has 0 aliphatic carbocycles. The van der Waals surface area contributed by atoms with E-state index < -0.39 is 0 Å². The summed E-state index contributed by atoms with van der Waals surface area (Å²) >= 11 is 0. The third-order valence-corrected chi connectivity index (χ3v) is 2.49. The second-order valence-electron chi connectivity index (χ2n) is 3.89. The number of nitrogens with two attached hydrogens (primary N) is 1. The predicted molar refractivity (Wildman–Crippen MR) is 63.5 cm³/mol. The Morgan fingerprint density at radius 3 is 2.81 bits per heavy atom. The van der Waals surface area contributed by atoms with Gasteiger partial charge < -0.3 is 10.5 Å². The summed E-state index contributed by atoms with van der Waals surface area (Å²) in [5.74, 6) is -0.239. The molecule has 0 heterocycles. The quantitative estimate of drug-likeness (QED) is 0.724. The van der Waals surface area contributed by atoms with Crippen molar-refractivity contribution in [2.24, 2.45) is 5.73 Å². The van der Waals surface area contributed by atoms with Gasteiger partial charge in [0.1, 0.15) is 5.82 Å². The summed E-state index contributed by atoms with van der Waals surface area (Å²) in [6.07, 6.45) is 3.47. The molecule has 2 N–H and O–H groups in total. The molecule has 0 spiro atoms. The van der Waals surface area contributed by atoms with Gasteiger partial charge in [-0.05, 0) is 24.1 Å². The molecule has 1 aromatic carbocycles. The van der Waals surface area contributed by atoms with E-state index >= 15 is 0 Å². The third-order valence-electron chi connectivity index (χ3n) is 2.49. The molecule has 0 radical (unpaired) electrons. The highest BCUT2D eigenvalue weighted by Gasteiger charge is 2.01. The lowest BCUT2D eigenvalue weighted by Gasteiger charge is -2.06. The van der Waals surface area contributed by atoms with Crippen molar-refractivity contribution in [1.29, 1.82) is 0 Å². The van der Waals surface area contributed by atoms with E-state index in [1.165, 1.54) is 18.9 Å². The summed E-state index contributed by atoms with van der Waals surface area (Å²) in [6.45, 7) is 3.70. The maximum absolute atomic E-state index is 13.1. The Balaban J connectivity index is 2.36. The largest absolute Gasteiger partial charge is 0.377 e. The molecule has 0 bridgehead atoms. The van der Waals surface area contributed by atoms with Gasteiger partial charge in [0, 0.05) is 18.7 Å². The van der Waals surface area contributed by atoms with E-state index in [4.69, 9.17) is 10.5 Å². The number of rotatable bonds is 7. The topological polar surface area (TPSA) is 35.2 Å². The summed E-state index contributed by atoms with van der Waals surface area (Å²) < 4.78 is 18.6. The average Bonchev–Trinajstić information content (AvgIpc) is 2.31. The van der Waals surface area contributed by atoms with Crippen molar-refractivity contribution >= 4 is 0 Å². The Bertz CT molecular complexity index is 315. The van der Waals surface area contributed by atoms with Crippen molar-refractivity contribution in [3.05, 3.63) is 35.1 Å². The first-order valence-electron chi connectivity index (χ1n) is 5.83. The first-order chi connectivity index (χ1) is 7.77. The van der Waals surface area contributed by atoms with Crippen LogP contribution in [-0.2, 0) is 17.9 Å². The van der Waals surface area contributed by atoms with Gasteiger partial charge in [-0.3, -0.25) is 0 Å². The monoisotopic (exact) mass is 225 g/mol. The maximum atomic E-state index is 13.1. The number of unbranched alkanes of at least 4 members (excludes halogenated alkanes) is 2. The fraction of sp³-hybridized carbons (Fsp3) is 0.538. The van der Waals surface area contributed by atoms with Crippen LogP contribution >= 0.6 is 0 Å². The zero-order valence-corrected chi connectivity index (χ0v) is 9.84. The smallest absolute Gasteiger partial charge is 0.127 e. The van der Waals surface area contributed by atoms with Crippen molar-refractivity contribution in [2.75, 3.05) is 6.61 Å². The standard InChI is InChI=1S/C13H20FNO/c1-2-3-4-7-16-10-11-5-6-13(14)12(8-11)9-15/h5-6,8H,2-4,7,9-10,15H2,1H3. The summed E-state index contributed by atoms with van der Waals surface area (Å²) in [7, 11) is 0. The molecule has 0 atom stereocenters. The molecule has 1 rings (SSSR count). The van der Waals surface area contributed by atoms with Gasteiger partial charge in [-0.2, -0.15) is 0 Å². The number of ether oxygens (including phenoxy) is 1. The number of benzene rings is 1. The zero-order valence-electron chi connectivity index (χ0n) is 9.84. The molecular formula is C13H20FNO. The van der Waals surface area contributed by atoms with Crippen molar-refractivity contribution in [3.8, 4) is 0 Å². The van der Waals surface area contributed by atoms with E-state index in [9.17, 15) is 4.39 Å². The van der Waals surface area contributed by atoms with Gasteiger partial charge in [0.05, 0.1) is 6.61 Å². The van der Waals surface area contributed by atoms with Gasteiger partial charge in [-0.1, -0.05) is 25.8 Å². The molecule has 0 saturated carbocycles. The van der Waals surface area contributed by atoms with Crippen molar-refractivity contribution in [3.63, 3.8) is 0 Å². The number of halogens is 1. The first-order valence-corrected chi connectivity index (χ1v) is 5.83. The van der Waals surface area contributed by atoms with Gasteiger partial charge in [-0.15, -0.1) is 0 Å². The van der Waals surface area contributed by atoms with Crippen LogP contribution < -0.4 is 5.73 Å². The SMILES string of the molecule is CCCCCOCc1ccc(F)c(CN)c1. The molecule has 0 aliphatic rings. The van der Waals surface area contributed by atoms with Crippen LogP contribution in [0.5, 0.6) is 0 Å². The summed E-state index contributed by atoms with van der Waals surface area (Å²) in [5, 5.41) is 0. The van der Waals surface area contributed by atoms with E-state index in [0.29, 0.717) is 12.2 Å². The molecule has 3 heteroatoms. The fourth-order valence-corrected chi connectivity index (χ4v) is 1.52. The Labute approximate surface area is 96.6 Å². The highest BCUT2D eigenvalue weighted by atomic mass is 19.1. The van der Waals surface area contributed by atoms with Gasteiger partial charge in [0.2, 0.25) is 0 Å². The van der Waals surface area contributed by atoms with E-state index in [1.807, 2.05) is 0 Å². The highest BCUT2D eigenvalue weighted by Crippen LogP contribution is 2.11. The van der Waals surface area contributed by atoms with Crippen LogP contribution in [0.3, 0.4) is 0 Å². The second-order valence-corrected chi connectivity index (χ2v) is 3.89. The molecule has 16 heavy (non-hydrogen) atoms. The Morgan fingerprint density at radius 2 is 2.12 bits per heavy atom. The summed E-state index contributed by atoms with van der Waals surface area (Å²) in [5.41, 5.74) is 6.97. The van der Waals surface area contributed by atoms with Crippen molar-refractivity contribution in [1.82, 2.24) is 0 Å². The van der Waals surface area contributed by atoms with Crippen LogP contribution in [0, 0.1) is 5.82 Å². The molecule has 0 aromatic heterocycles. The summed E-state index contributed by atoms with van der Waals surface area (Å²) in [6, 6.07) is 4.97. The second kappa shape index (κ2) is 7.36. The molecule has 0 aliphatic heterocycles. The van der Waals surface area contributed by atoms with Crippen LogP contribution in [0.2, 0.25) is 0 Å². The van der Waals surface area contributed by atoms with Crippen molar-refractivity contribution < 1.29 is 9.13 Å². The number of hydrogen-bond donors (Lipinski definition) is 1. The molecular weight excluding hydrogens is 205 g/mol.